The third-order valence-corrected chi connectivity index (χ3v) is 3.84. The van der Waals surface area contributed by atoms with Gasteiger partial charge in [-0.15, -0.1) is 11.3 Å². The highest BCUT2D eigenvalue weighted by atomic mass is 35.5. The first kappa shape index (κ1) is 13.9. The molecule has 19 heavy (non-hydrogen) atoms. The molecule has 8 heteroatoms. The zero-order chi connectivity index (χ0) is 14.0. The number of methoxy groups -OCH3 is 1. The van der Waals surface area contributed by atoms with E-state index in [0.29, 0.717) is 10.6 Å². The van der Waals surface area contributed by atoms with Gasteiger partial charge in [-0.3, -0.25) is 4.79 Å². The van der Waals surface area contributed by atoms with E-state index in [2.05, 4.69) is 15.0 Å². The number of nitrogens with one attached hydrogen (secondary N) is 2. The molecule has 0 aliphatic carbocycles. The Morgan fingerprint density at radius 3 is 2.74 bits per heavy atom. The third kappa shape index (κ3) is 2.91. The van der Waals surface area contributed by atoms with Crippen LogP contribution in [0.15, 0.2) is 17.5 Å². The van der Waals surface area contributed by atoms with Gasteiger partial charge in [0.1, 0.15) is 15.7 Å². The van der Waals surface area contributed by atoms with E-state index < -0.39 is 11.9 Å². The molecular formula is C11H8Cl2N2O3S. The number of hydrogen-bond acceptors (Lipinski definition) is 4. The minimum absolute atomic E-state index is 0.185. The molecule has 0 radical (unpaired) electrons. The summed E-state index contributed by atoms with van der Waals surface area (Å²) >= 11 is 12.6. The number of carbonyl (C=O) groups excluding carboxylic acids is 2. The van der Waals surface area contributed by atoms with Crippen LogP contribution in [-0.4, -0.2) is 24.0 Å². The van der Waals surface area contributed by atoms with E-state index in [1.165, 1.54) is 24.5 Å². The first-order valence-electron chi connectivity index (χ1n) is 5.04. The lowest BCUT2D eigenvalue weighted by atomic mass is 10.3. The number of carbonyl (C=O) groups is 2. The van der Waals surface area contributed by atoms with Crippen molar-refractivity contribution in [1.29, 1.82) is 0 Å². The SMILES string of the molecule is COC(=O)c1sccc1NC(=O)c1cc(Cl)c(Cl)[nH]1. The van der Waals surface area contributed by atoms with Crippen molar-refractivity contribution in [2.75, 3.05) is 12.4 Å². The van der Waals surface area contributed by atoms with Gasteiger partial charge in [0, 0.05) is 0 Å². The molecule has 0 saturated carbocycles. The number of ether oxygens (including phenoxy) is 1. The molecule has 2 aromatic heterocycles. The lowest BCUT2D eigenvalue weighted by Gasteiger charge is -2.03. The minimum Gasteiger partial charge on any atom is -0.465 e. The zero-order valence-electron chi connectivity index (χ0n) is 9.62. The highest BCUT2D eigenvalue weighted by Gasteiger charge is 2.17. The number of amides is 1. The van der Waals surface area contributed by atoms with Crippen LogP contribution in [-0.2, 0) is 4.74 Å². The van der Waals surface area contributed by atoms with E-state index in [4.69, 9.17) is 23.2 Å². The fourth-order valence-electron chi connectivity index (χ4n) is 1.37. The minimum atomic E-state index is -0.507. The van der Waals surface area contributed by atoms with Crippen LogP contribution in [0.1, 0.15) is 20.2 Å². The van der Waals surface area contributed by atoms with Gasteiger partial charge in [0.2, 0.25) is 0 Å². The Morgan fingerprint density at radius 2 is 2.16 bits per heavy atom. The zero-order valence-corrected chi connectivity index (χ0v) is 11.9. The molecule has 0 saturated heterocycles. The van der Waals surface area contributed by atoms with E-state index >= 15 is 0 Å². The van der Waals surface area contributed by atoms with E-state index in [-0.39, 0.29) is 15.9 Å². The predicted molar refractivity (Wildman–Crippen MR) is 74.4 cm³/mol. The van der Waals surface area contributed by atoms with Crippen LogP contribution in [0.3, 0.4) is 0 Å². The molecule has 0 aliphatic rings. The summed E-state index contributed by atoms with van der Waals surface area (Å²) in [6, 6.07) is 3.02. The van der Waals surface area contributed by atoms with Crippen molar-refractivity contribution >= 4 is 52.1 Å². The van der Waals surface area contributed by atoms with Gasteiger partial charge in [0.25, 0.3) is 5.91 Å². The molecular weight excluding hydrogens is 311 g/mol. The summed E-state index contributed by atoms with van der Waals surface area (Å²) in [4.78, 5) is 26.3. The molecule has 0 aromatic carbocycles. The number of aromatic nitrogens is 1. The molecule has 5 nitrogen and oxygen atoms in total. The number of aromatic amines is 1. The Labute approximate surface area is 122 Å². The van der Waals surface area contributed by atoms with Crippen molar-refractivity contribution in [3.63, 3.8) is 0 Å². The molecule has 0 unspecified atom stereocenters. The molecule has 0 aliphatic heterocycles. The van der Waals surface area contributed by atoms with E-state index in [1.54, 1.807) is 11.4 Å². The molecule has 0 atom stereocenters. The maximum Gasteiger partial charge on any atom is 0.350 e. The van der Waals surface area contributed by atoms with Crippen molar-refractivity contribution in [3.05, 3.63) is 38.3 Å². The summed E-state index contributed by atoms with van der Waals surface area (Å²) in [5, 5.41) is 4.70. The van der Waals surface area contributed by atoms with Gasteiger partial charge in [-0.2, -0.15) is 0 Å². The Kier molecular flexibility index (Phi) is 4.14. The second kappa shape index (κ2) is 5.64. The number of rotatable bonds is 3. The Bertz CT molecular complexity index is 616. The first-order valence-corrected chi connectivity index (χ1v) is 6.67. The summed E-state index contributed by atoms with van der Waals surface area (Å²) in [6.07, 6.45) is 0. The second-order valence-electron chi connectivity index (χ2n) is 3.45. The normalized spacial score (nSPS) is 10.3. The summed E-state index contributed by atoms with van der Waals surface area (Å²) in [5.41, 5.74) is 0.584. The maximum absolute atomic E-state index is 11.9. The molecule has 0 bridgehead atoms. The van der Waals surface area contributed by atoms with Crippen LogP contribution in [0.2, 0.25) is 10.2 Å². The van der Waals surface area contributed by atoms with Crippen molar-refractivity contribution < 1.29 is 14.3 Å². The van der Waals surface area contributed by atoms with Gasteiger partial charge in [0.05, 0.1) is 17.8 Å². The number of thiophene rings is 1. The van der Waals surface area contributed by atoms with Crippen LogP contribution in [0.5, 0.6) is 0 Å². The summed E-state index contributed by atoms with van der Waals surface area (Å²) in [5.74, 6) is -0.954. The number of H-pyrrole nitrogens is 1. The molecule has 1 amide bonds. The number of anilines is 1. The Balaban J connectivity index is 2.20. The summed E-state index contributed by atoms with van der Waals surface area (Å²) < 4.78 is 4.62. The van der Waals surface area contributed by atoms with Gasteiger partial charge >= 0.3 is 5.97 Å². The van der Waals surface area contributed by atoms with Gasteiger partial charge in [-0.1, -0.05) is 23.2 Å². The van der Waals surface area contributed by atoms with Gasteiger partial charge in [-0.05, 0) is 17.5 Å². The van der Waals surface area contributed by atoms with Crippen molar-refractivity contribution in [3.8, 4) is 0 Å². The first-order chi connectivity index (χ1) is 9.02. The molecule has 2 heterocycles. The van der Waals surface area contributed by atoms with Crippen LogP contribution in [0.25, 0.3) is 0 Å². The summed E-state index contributed by atoms with van der Waals surface area (Å²) in [7, 11) is 1.28. The third-order valence-electron chi connectivity index (χ3n) is 2.25. The number of hydrogen-bond donors (Lipinski definition) is 2. The van der Waals surface area contributed by atoms with Gasteiger partial charge < -0.3 is 15.0 Å². The number of esters is 1. The molecule has 0 fully saturated rings. The quantitative estimate of drug-likeness (QED) is 0.852. The highest BCUT2D eigenvalue weighted by molar-refractivity contribution is 7.12. The Hall–Kier alpha value is -1.50. The Morgan fingerprint density at radius 1 is 1.42 bits per heavy atom. The highest BCUT2D eigenvalue weighted by Crippen LogP contribution is 2.25. The standard InChI is InChI=1S/C11H8Cl2N2O3S/c1-18-11(17)8-6(2-3-19-8)15-10(16)7-4-5(12)9(13)14-7/h2-4,14H,1H3,(H,15,16). The maximum atomic E-state index is 11.9. The van der Waals surface area contributed by atoms with Crippen molar-refractivity contribution in [2.24, 2.45) is 0 Å². The van der Waals surface area contributed by atoms with E-state index in [0.717, 1.165) is 0 Å². The smallest absolute Gasteiger partial charge is 0.350 e. The largest absolute Gasteiger partial charge is 0.465 e. The van der Waals surface area contributed by atoms with Crippen molar-refractivity contribution in [2.45, 2.75) is 0 Å². The molecule has 2 aromatic rings. The van der Waals surface area contributed by atoms with Crippen LogP contribution in [0, 0.1) is 0 Å². The molecule has 2 N–H and O–H groups in total. The predicted octanol–water partition coefficient (Wildman–Crippen LogP) is 3.42. The van der Waals surface area contributed by atoms with Gasteiger partial charge in [-0.25, -0.2) is 4.79 Å². The lowest BCUT2D eigenvalue weighted by molar-refractivity contribution is 0.0607. The number of halogens is 2. The fraction of sp³-hybridized carbons (Fsp3) is 0.0909. The van der Waals surface area contributed by atoms with Crippen LogP contribution in [0.4, 0.5) is 5.69 Å². The monoisotopic (exact) mass is 318 g/mol. The lowest BCUT2D eigenvalue weighted by Crippen LogP contribution is -2.14. The molecule has 2 rings (SSSR count). The van der Waals surface area contributed by atoms with Gasteiger partial charge in [0.15, 0.2) is 0 Å². The average Bonchev–Trinajstić information content (AvgIpc) is 2.96. The average molecular weight is 319 g/mol. The van der Waals surface area contributed by atoms with Crippen LogP contribution >= 0.6 is 34.5 Å². The van der Waals surface area contributed by atoms with Crippen molar-refractivity contribution in [1.82, 2.24) is 4.98 Å². The van der Waals surface area contributed by atoms with E-state index in [9.17, 15) is 9.59 Å². The van der Waals surface area contributed by atoms with E-state index in [1.807, 2.05) is 0 Å². The second-order valence-corrected chi connectivity index (χ2v) is 5.16. The van der Waals surface area contributed by atoms with Crippen LogP contribution < -0.4 is 5.32 Å². The summed E-state index contributed by atoms with van der Waals surface area (Å²) in [6.45, 7) is 0. The molecule has 0 spiro atoms. The molecule has 100 valence electrons. The fourth-order valence-corrected chi connectivity index (χ4v) is 2.45. The topological polar surface area (TPSA) is 71.2 Å².